The van der Waals surface area contributed by atoms with Gasteiger partial charge in [0, 0.05) is 51.9 Å². The summed E-state index contributed by atoms with van der Waals surface area (Å²) in [7, 11) is 5.31. The second-order valence-electron chi connectivity index (χ2n) is 8.58. The van der Waals surface area contributed by atoms with Crippen LogP contribution in [-0.4, -0.2) is 67.1 Å². The molecule has 2 atom stereocenters. The van der Waals surface area contributed by atoms with Crippen molar-refractivity contribution < 1.29 is 9.59 Å². The smallest absolute Gasteiger partial charge is 0.274 e. The largest absolute Gasteiger partial charge is 0.343 e. The molecule has 2 amide bonds. The minimum atomic E-state index is -0.105. The quantitative estimate of drug-likeness (QED) is 0.654. The molecular formula is C23H26N6O2. The lowest BCUT2D eigenvalue weighted by atomic mass is 10.0. The minimum absolute atomic E-state index is 0.0337. The van der Waals surface area contributed by atoms with E-state index in [-0.39, 0.29) is 23.9 Å². The molecule has 1 saturated heterocycles. The number of aryl methyl sites for hydroxylation is 1. The van der Waals surface area contributed by atoms with Crippen molar-refractivity contribution in [2.45, 2.75) is 37.9 Å². The number of nitrogens with zero attached hydrogens (tertiary/aromatic N) is 6. The summed E-state index contributed by atoms with van der Waals surface area (Å²) in [5.41, 5.74) is 2.85. The van der Waals surface area contributed by atoms with Gasteiger partial charge in [-0.25, -0.2) is 4.98 Å². The summed E-state index contributed by atoms with van der Waals surface area (Å²) >= 11 is 0. The normalized spacial score (nSPS) is 19.8. The monoisotopic (exact) mass is 418 g/mol. The molecule has 2 aliphatic rings. The average Bonchev–Trinajstić information content (AvgIpc) is 3.42. The van der Waals surface area contributed by atoms with Gasteiger partial charge in [0.05, 0.1) is 11.7 Å². The fourth-order valence-electron chi connectivity index (χ4n) is 4.85. The molecular weight excluding hydrogens is 392 g/mol. The maximum atomic E-state index is 13.3. The first kappa shape index (κ1) is 19.5. The molecule has 0 radical (unpaired) electrons. The predicted octanol–water partition coefficient (Wildman–Crippen LogP) is 2.21. The number of rotatable bonds is 3. The highest BCUT2D eigenvalue weighted by molar-refractivity contribution is 5.95. The van der Waals surface area contributed by atoms with Crippen LogP contribution in [0.3, 0.4) is 0 Å². The molecule has 8 heteroatoms. The van der Waals surface area contributed by atoms with Gasteiger partial charge in [0.25, 0.3) is 11.8 Å². The van der Waals surface area contributed by atoms with Crippen molar-refractivity contribution in [3.8, 4) is 11.4 Å². The summed E-state index contributed by atoms with van der Waals surface area (Å²) < 4.78 is 3.82. The fourth-order valence-corrected chi connectivity index (χ4v) is 4.85. The Balaban J connectivity index is 1.59. The maximum absolute atomic E-state index is 13.3. The molecule has 3 aromatic rings. The Morgan fingerprint density at radius 2 is 1.81 bits per heavy atom. The van der Waals surface area contributed by atoms with E-state index in [1.807, 2.05) is 42.3 Å². The Labute approximate surface area is 181 Å². The summed E-state index contributed by atoms with van der Waals surface area (Å²) in [6, 6.07) is 11.8. The van der Waals surface area contributed by atoms with Crippen LogP contribution in [0.2, 0.25) is 0 Å². The Morgan fingerprint density at radius 3 is 2.48 bits per heavy atom. The van der Waals surface area contributed by atoms with E-state index in [0.717, 1.165) is 29.9 Å². The number of fused-ring (bicyclic) bond motifs is 3. The van der Waals surface area contributed by atoms with Crippen LogP contribution >= 0.6 is 0 Å². The average molecular weight is 419 g/mol. The molecule has 2 aliphatic heterocycles. The molecule has 0 spiro atoms. The molecule has 8 nitrogen and oxygen atoms in total. The van der Waals surface area contributed by atoms with Gasteiger partial charge in [-0.05, 0) is 18.9 Å². The number of aromatic nitrogens is 4. The lowest BCUT2D eigenvalue weighted by molar-refractivity contribution is 0.0659. The van der Waals surface area contributed by atoms with E-state index < -0.39 is 0 Å². The zero-order valence-corrected chi connectivity index (χ0v) is 18.0. The van der Waals surface area contributed by atoms with E-state index in [1.54, 1.807) is 35.9 Å². The Morgan fingerprint density at radius 1 is 1.06 bits per heavy atom. The van der Waals surface area contributed by atoms with Gasteiger partial charge in [0.1, 0.15) is 17.2 Å². The third-order valence-corrected chi connectivity index (χ3v) is 6.32. The molecule has 1 aromatic carbocycles. The van der Waals surface area contributed by atoms with E-state index in [2.05, 4.69) is 9.67 Å². The number of carbonyl (C=O) groups is 2. The highest BCUT2D eigenvalue weighted by Crippen LogP contribution is 2.36. The zero-order valence-electron chi connectivity index (χ0n) is 18.0. The van der Waals surface area contributed by atoms with Gasteiger partial charge in [-0.2, -0.15) is 5.10 Å². The van der Waals surface area contributed by atoms with Crippen LogP contribution in [0.5, 0.6) is 0 Å². The van der Waals surface area contributed by atoms with Gasteiger partial charge in [-0.3, -0.25) is 14.3 Å². The van der Waals surface area contributed by atoms with E-state index in [9.17, 15) is 9.59 Å². The second-order valence-corrected chi connectivity index (χ2v) is 8.58. The maximum Gasteiger partial charge on any atom is 0.274 e. The van der Waals surface area contributed by atoms with Gasteiger partial charge in [0.2, 0.25) is 0 Å². The van der Waals surface area contributed by atoms with Crippen LogP contribution in [0.1, 0.15) is 39.5 Å². The Hall–Kier alpha value is -3.42. The molecule has 0 aliphatic carbocycles. The van der Waals surface area contributed by atoms with Crippen LogP contribution < -0.4 is 0 Å². The van der Waals surface area contributed by atoms with Crippen molar-refractivity contribution >= 4 is 11.8 Å². The summed E-state index contributed by atoms with van der Waals surface area (Å²) in [6.07, 6.45) is 4.27. The summed E-state index contributed by atoms with van der Waals surface area (Å²) in [6.45, 7) is 0.627. The molecule has 0 N–H and O–H groups in total. The van der Waals surface area contributed by atoms with Crippen molar-refractivity contribution in [3.63, 3.8) is 0 Å². The second kappa shape index (κ2) is 7.37. The number of imidazole rings is 1. The van der Waals surface area contributed by atoms with Crippen molar-refractivity contribution in [3.05, 3.63) is 59.7 Å². The molecule has 5 rings (SSSR count). The molecule has 160 valence electrons. The molecule has 1 fully saturated rings. The third-order valence-electron chi connectivity index (χ3n) is 6.32. The van der Waals surface area contributed by atoms with E-state index in [1.165, 1.54) is 0 Å². The van der Waals surface area contributed by atoms with E-state index in [4.69, 9.17) is 4.98 Å². The number of hydrogen-bond acceptors (Lipinski definition) is 4. The van der Waals surface area contributed by atoms with Gasteiger partial charge >= 0.3 is 0 Å². The third kappa shape index (κ3) is 3.22. The highest BCUT2D eigenvalue weighted by Gasteiger charge is 2.43. The summed E-state index contributed by atoms with van der Waals surface area (Å²) in [5.74, 6) is 0.651. The van der Waals surface area contributed by atoms with Crippen molar-refractivity contribution in [2.24, 2.45) is 7.05 Å². The topological polar surface area (TPSA) is 76.3 Å². The zero-order chi connectivity index (χ0) is 21.7. The minimum Gasteiger partial charge on any atom is -0.343 e. The van der Waals surface area contributed by atoms with Gasteiger partial charge < -0.3 is 14.4 Å². The standard InChI is InChI=1S/C23H26N6O2/c1-26(2)23(31)20-19-13-16-9-10-17(29(16)22(30)18-11-12-27(3)25-18)14-28(19)21(24-20)15-7-5-4-6-8-15/h4-8,11-12,16-17H,9-10,13-14H2,1-3H3/t16-,17+/m0/s1. The van der Waals surface area contributed by atoms with Crippen molar-refractivity contribution in [1.29, 1.82) is 0 Å². The first-order valence-electron chi connectivity index (χ1n) is 10.6. The lowest BCUT2D eigenvalue weighted by Gasteiger charge is -2.27. The number of amides is 2. The number of benzene rings is 1. The molecule has 0 saturated carbocycles. The first-order chi connectivity index (χ1) is 14.9. The molecule has 4 heterocycles. The predicted molar refractivity (Wildman–Crippen MR) is 116 cm³/mol. The molecule has 2 bridgehead atoms. The lowest BCUT2D eigenvalue weighted by Crippen LogP contribution is -2.42. The van der Waals surface area contributed by atoms with Crippen molar-refractivity contribution in [2.75, 3.05) is 14.1 Å². The molecule has 2 aromatic heterocycles. The van der Waals surface area contributed by atoms with E-state index in [0.29, 0.717) is 24.4 Å². The van der Waals surface area contributed by atoms with Crippen LogP contribution in [0.15, 0.2) is 42.6 Å². The molecule has 31 heavy (non-hydrogen) atoms. The summed E-state index contributed by atoms with van der Waals surface area (Å²) in [4.78, 5) is 34.7. The van der Waals surface area contributed by atoms with Gasteiger partial charge in [-0.1, -0.05) is 30.3 Å². The van der Waals surface area contributed by atoms with Gasteiger partial charge in [0.15, 0.2) is 0 Å². The first-order valence-corrected chi connectivity index (χ1v) is 10.6. The van der Waals surface area contributed by atoms with Crippen LogP contribution in [-0.2, 0) is 20.0 Å². The highest BCUT2D eigenvalue weighted by atomic mass is 16.2. The van der Waals surface area contributed by atoms with Gasteiger partial charge in [-0.15, -0.1) is 0 Å². The van der Waals surface area contributed by atoms with E-state index >= 15 is 0 Å². The Kier molecular flexibility index (Phi) is 4.64. The number of hydrogen-bond donors (Lipinski definition) is 0. The number of carbonyl (C=O) groups excluding carboxylic acids is 2. The van der Waals surface area contributed by atoms with Crippen molar-refractivity contribution in [1.82, 2.24) is 29.1 Å². The molecule has 0 unspecified atom stereocenters. The fraction of sp³-hybridized carbons (Fsp3) is 0.391. The van der Waals surface area contributed by atoms with Crippen LogP contribution in [0, 0.1) is 0 Å². The van der Waals surface area contributed by atoms with Crippen LogP contribution in [0.4, 0.5) is 0 Å². The SMILES string of the molecule is CN(C)C(=O)c1nc(-c2ccccc2)n2c1C[C@@H]1CC[C@H](C2)N1C(=O)c1ccn(C)n1. The summed E-state index contributed by atoms with van der Waals surface area (Å²) in [5, 5.41) is 4.33. The Bertz CT molecular complexity index is 1150. The van der Waals surface area contributed by atoms with Crippen LogP contribution in [0.25, 0.3) is 11.4 Å².